The van der Waals surface area contributed by atoms with Crippen molar-refractivity contribution < 1.29 is 0 Å². The number of hydrogen-bond acceptors (Lipinski definition) is 1. The molecule has 0 spiro atoms. The van der Waals surface area contributed by atoms with Gasteiger partial charge in [0.2, 0.25) is 0 Å². The van der Waals surface area contributed by atoms with Gasteiger partial charge in [0.05, 0.1) is 0 Å². The number of rotatable bonds is 4. The van der Waals surface area contributed by atoms with Crippen molar-refractivity contribution in [3.8, 4) is 0 Å². The van der Waals surface area contributed by atoms with Gasteiger partial charge in [-0.3, -0.25) is 0 Å². The fourth-order valence-electron chi connectivity index (χ4n) is 2.03. The smallest absolute Gasteiger partial charge is 0.175 e. The maximum Gasteiger partial charge on any atom is 0.175 e. The molecule has 2 nitrogen and oxygen atoms in total. The van der Waals surface area contributed by atoms with Crippen LogP contribution in [0.2, 0.25) is 0 Å². The molecule has 0 aliphatic rings. The monoisotopic (exact) mass is 284 g/mol. The van der Waals surface area contributed by atoms with Crippen LogP contribution in [-0.4, -0.2) is 5.11 Å². The van der Waals surface area contributed by atoms with Crippen LogP contribution in [0.1, 0.15) is 25.0 Å². The average Bonchev–Trinajstić information content (AvgIpc) is 2.47. The molecule has 2 aromatic rings. The standard InChI is InChI=1S/C17H20N2S/c1-3-13-7-5-9-15(11-13)18-17(20)19-16-10-6-8-14(4-2)12-16/h5-12H,3-4H2,1-2H3,(H2,18,19,20). The lowest BCUT2D eigenvalue weighted by Crippen LogP contribution is -2.19. The molecule has 0 aliphatic heterocycles. The maximum absolute atomic E-state index is 5.35. The minimum Gasteiger partial charge on any atom is -0.332 e. The van der Waals surface area contributed by atoms with Crippen LogP contribution in [0.3, 0.4) is 0 Å². The number of benzene rings is 2. The zero-order chi connectivity index (χ0) is 14.4. The molecule has 0 aromatic heterocycles. The van der Waals surface area contributed by atoms with Gasteiger partial charge in [0, 0.05) is 11.4 Å². The number of thiocarbonyl (C=S) groups is 1. The minimum atomic E-state index is 0.617. The zero-order valence-corrected chi connectivity index (χ0v) is 12.8. The lowest BCUT2D eigenvalue weighted by Gasteiger charge is -2.12. The summed E-state index contributed by atoms with van der Waals surface area (Å²) in [5.74, 6) is 0. The van der Waals surface area contributed by atoms with Gasteiger partial charge >= 0.3 is 0 Å². The van der Waals surface area contributed by atoms with Crippen LogP contribution in [-0.2, 0) is 12.8 Å². The van der Waals surface area contributed by atoms with Gasteiger partial charge in [0.1, 0.15) is 0 Å². The fourth-order valence-corrected chi connectivity index (χ4v) is 2.27. The van der Waals surface area contributed by atoms with Crippen molar-refractivity contribution in [2.24, 2.45) is 0 Å². The molecular weight excluding hydrogens is 264 g/mol. The van der Waals surface area contributed by atoms with E-state index in [2.05, 4.69) is 48.7 Å². The Hall–Kier alpha value is -1.87. The molecule has 0 bridgehead atoms. The predicted octanol–water partition coefficient (Wildman–Crippen LogP) is 4.62. The summed E-state index contributed by atoms with van der Waals surface area (Å²) in [6.45, 7) is 4.29. The van der Waals surface area contributed by atoms with E-state index in [-0.39, 0.29) is 0 Å². The van der Waals surface area contributed by atoms with Gasteiger partial charge in [0.15, 0.2) is 5.11 Å². The molecule has 0 fully saturated rings. The lowest BCUT2D eigenvalue weighted by molar-refractivity contribution is 1.14. The van der Waals surface area contributed by atoms with E-state index < -0.39 is 0 Å². The maximum atomic E-state index is 5.35. The molecule has 104 valence electrons. The molecule has 0 saturated carbocycles. The molecular formula is C17H20N2S. The van der Waals surface area contributed by atoms with Gasteiger partial charge < -0.3 is 10.6 Å². The Labute approximate surface area is 126 Å². The summed E-state index contributed by atoms with van der Waals surface area (Å²) >= 11 is 5.35. The normalized spacial score (nSPS) is 10.1. The van der Waals surface area contributed by atoms with E-state index in [9.17, 15) is 0 Å². The Morgan fingerprint density at radius 1 is 0.850 bits per heavy atom. The first-order valence-electron chi connectivity index (χ1n) is 6.97. The zero-order valence-electron chi connectivity index (χ0n) is 11.9. The van der Waals surface area contributed by atoms with Crippen LogP contribution in [0.5, 0.6) is 0 Å². The third kappa shape index (κ3) is 4.07. The van der Waals surface area contributed by atoms with Crippen molar-refractivity contribution >= 4 is 28.7 Å². The van der Waals surface area contributed by atoms with Gasteiger partial charge in [-0.1, -0.05) is 38.1 Å². The SMILES string of the molecule is CCc1cccc(NC(=S)Nc2cccc(CC)c2)c1. The first-order valence-corrected chi connectivity index (χ1v) is 7.38. The molecule has 3 heteroatoms. The highest BCUT2D eigenvalue weighted by molar-refractivity contribution is 7.80. The van der Waals surface area contributed by atoms with E-state index >= 15 is 0 Å². The van der Waals surface area contributed by atoms with Crippen molar-refractivity contribution in [2.75, 3.05) is 10.6 Å². The molecule has 0 amide bonds. The highest BCUT2D eigenvalue weighted by Crippen LogP contribution is 2.14. The third-order valence-corrected chi connectivity index (χ3v) is 3.39. The van der Waals surface area contributed by atoms with Crippen molar-refractivity contribution in [3.63, 3.8) is 0 Å². The van der Waals surface area contributed by atoms with Gasteiger partial charge in [-0.05, 0) is 60.5 Å². The van der Waals surface area contributed by atoms with Crippen molar-refractivity contribution in [2.45, 2.75) is 26.7 Å². The highest BCUT2D eigenvalue weighted by Gasteiger charge is 2.00. The van der Waals surface area contributed by atoms with Gasteiger partial charge in [-0.15, -0.1) is 0 Å². The van der Waals surface area contributed by atoms with Gasteiger partial charge in [-0.2, -0.15) is 0 Å². The number of nitrogens with one attached hydrogen (secondary N) is 2. The summed E-state index contributed by atoms with van der Waals surface area (Å²) in [4.78, 5) is 0. The van der Waals surface area contributed by atoms with E-state index in [1.54, 1.807) is 0 Å². The number of hydrogen-bond donors (Lipinski definition) is 2. The average molecular weight is 284 g/mol. The molecule has 0 atom stereocenters. The number of aryl methyl sites for hydroxylation is 2. The lowest BCUT2D eigenvalue weighted by atomic mass is 10.1. The van der Waals surface area contributed by atoms with Crippen molar-refractivity contribution in [1.29, 1.82) is 0 Å². The second kappa shape index (κ2) is 7.06. The Morgan fingerprint density at radius 3 is 1.70 bits per heavy atom. The van der Waals surface area contributed by atoms with E-state index in [4.69, 9.17) is 12.2 Å². The third-order valence-electron chi connectivity index (χ3n) is 3.19. The van der Waals surface area contributed by atoms with Crippen LogP contribution >= 0.6 is 12.2 Å². The van der Waals surface area contributed by atoms with Crippen LogP contribution in [0, 0.1) is 0 Å². The highest BCUT2D eigenvalue weighted by atomic mass is 32.1. The second-order valence-corrected chi connectivity index (χ2v) is 5.10. The first-order chi connectivity index (χ1) is 9.71. The summed E-state index contributed by atoms with van der Waals surface area (Å²) in [7, 11) is 0. The van der Waals surface area contributed by atoms with E-state index in [1.165, 1.54) is 11.1 Å². The second-order valence-electron chi connectivity index (χ2n) is 4.69. The Balaban J connectivity index is 2.01. The Kier molecular flexibility index (Phi) is 5.13. The summed E-state index contributed by atoms with van der Waals surface area (Å²) < 4.78 is 0. The summed E-state index contributed by atoms with van der Waals surface area (Å²) in [5.41, 5.74) is 4.64. The topological polar surface area (TPSA) is 24.1 Å². The molecule has 0 aliphatic carbocycles. The summed E-state index contributed by atoms with van der Waals surface area (Å²) in [6.07, 6.45) is 2.04. The minimum absolute atomic E-state index is 0.617. The van der Waals surface area contributed by atoms with E-state index in [0.717, 1.165) is 24.2 Å². The van der Waals surface area contributed by atoms with Gasteiger partial charge in [0.25, 0.3) is 0 Å². The predicted molar refractivity (Wildman–Crippen MR) is 91.5 cm³/mol. The summed E-state index contributed by atoms with van der Waals surface area (Å²) in [6, 6.07) is 16.6. The molecule has 2 rings (SSSR count). The number of anilines is 2. The van der Waals surface area contributed by atoms with Crippen molar-refractivity contribution in [3.05, 3.63) is 59.7 Å². The van der Waals surface area contributed by atoms with Crippen molar-refractivity contribution in [1.82, 2.24) is 0 Å². The molecule has 2 N–H and O–H groups in total. The molecule has 0 saturated heterocycles. The molecule has 0 radical (unpaired) electrons. The Bertz CT molecular complexity index is 542. The molecule has 2 aromatic carbocycles. The molecule has 20 heavy (non-hydrogen) atoms. The van der Waals surface area contributed by atoms with E-state index in [0.29, 0.717) is 5.11 Å². The van der Waals surface area contributed by atoms with Crippen LogP contribution in [0.15, 0.2) is 48.5 Å². The fraction of sp³-hybridized carbons (Fsp3) is 0.235. The first kappa shape index (κ1) is 14.5. The van der Waals surface area contributed by atoms with E-state index in [1.807, 2.05) is 24.3 Å². The van der Waals surface area contributed by atoms with Gasteiger partial charge in [-0.25, -0.2) is 0 Å². The van der Waals surface area contributed by atoms with Crippen LogP contribution in [0.25, 0.3) is 0 Å². The van der Waals surface area contributed by atoms with Crippen LogP contribution < -0.4 is 10.6 Å². The Morgan fingerprint density at radius 2 is 1.30 bits per heavy atom. The molecule has 0 heterocycles. The molecule has 0 unspecified atom stereocenters. The summed E-state index contributed by atoms with van der Waals surface area (Å²) in [5, 5.41) is 7.06. The quantitative estimate of drug-likeness (QED) is 0.801. The van der Waals surface area contributed by atoms with Crippen LogP contribution in [0.4, 0.5) is 11.4 Å². The largest absolute Gasteiger partial charge is 0.332 e.